The summed E-state index contributed by atoms with van der Waals surface area (Å²) in [4.78, 5) is 0. The number of halogens is 1. The van der Waals surface area contributed by atoms with Crippen LogP contribution in [0.4, 0.5) is 0 Å². The van der Waals surface area contributed by atoms with Crippen molar-refractivity contribution < 1.29 is 14.3 Å². The minimum Gasteiger partial charge on any atom is -0.493 e. The van der Waals surface area contributed by atoms with Crippen molar-refractivity contribution in [2.45, 2.75) is 26.0 Å². The van der Waals surface area contributed by atoms with Gasteiger partial charge < -0.3 is 14.3 Å². The molecule has 0 amide bonds. The molecule has 0 saturated heterocycles. The molecule has 2 aromatic rings. The Bertz CT molecular complexity index is 521. The zero-order valence-electron chi connectivity index (χ0n) is 10.3. The summed E-state index contributed by atoms with van der Waals surface area (Å²) in [7, 11) is 1.56. The number of nitrogens with zero attached hydrogens (tertiary/aromatic N) is 2. The van der Waals surface area contributed by atoms with Crippen molar-refractivity contribution in [1.29, 1.82) is 0 Å². The topological polar surface area (TPSA) is 60.4 Å². The Morgan fingerprint density at radius 1 is 1.61 bits per heavy atom. The Morgan fingerprint density at radius 2 is 2.39 bits per heavy atom. The number of aliphatic hydroxyl groups is 1. The highest BCUT2D eigenvalue weighted by molar-refractivity contribution is 9.10. The number of furan rings is 1. The van der Waals surface area contributed by atoms with Crippen molar-refractivity contribution in [2.75, 3.05) is 7.11 Å². The van der Waals surface area contributed by atoms with Gasteiger partial charge in [-0.2, -0.15) is 5.10 Å². The summed E-state index contributed by atoms with van der Waals surface area (Å²) in [6, 6.07) is 1.74. The average Bonchev–Trinajstić information content (AvgIpc) is 2.95. The van der Waals surface area contributed by atoms with Crippen molar-refractivity contribution in [2.24, 2.45) is 0 Å². The first-order valence-corrected chi connectivity index (χ1v) is 6.49. The van der Waals surface area contributed by atoms with E-state index in [2.05, 4.69) is 21.0 Å². The van der Waals surface area contributed by atoms with Crippen LogP contribution in [0.1, 0.15) is 30.9 Å². The third kappa shape index (κ3) is 2.30. The van der Waals surface area contributed by atoms with Gasteiger partial charge in [-0.1, -0.05) is 6.92 Å². The van der Waals surface area contributed by atoms with E-state index >= 15 is 0 Å². The zero-order valence-corrected chi connectivity index (χ0v) is 11.8. The largest absolute Gasteiger partial charge is 0.493 e. The molecule has 0 aliphatic rings. The van der Waals surface area contributed by atoms with Crippen LogP contribution in [0.2, 0.25) is 0 Å². The molecule has 1 unspecified atom stereocenters. The molecule has 0 radical (unpaired) electrons. The van der Waals surface area contributed by atoms with E-state index in [0.29, 0.717) is 23.7 Å². The molecule has 2 heterocycles. The van der Waals surface area contributed by atoms with E-state index in [4.69, 9.17) is 9.15 Å². The predicted octanol–water partition coefficient (Wildman–Crippen LogP) is 2.74. The first-order chi connectivity index (χ1) is 8.69. The summed E-state index contributed by atoms with van der Waals surface area (Å²) >= 11 is 3.34. The lowest BCUT2D eigenvalue weighted by molar-refractivity contribution is 0.172. The lowest BCUT2D eigenvalue weighted by Gasteiger charge is -2.13. The van der Waals surface area contributed by atoms with Crippen molar-refractivity contribution in [3.63, 3.8) is 0 Å². The van der Waals surface area contributed by atoms with Crippen LogP contribution < -0.4 is 4.74 Å². The van der Waals surface area contributed by atoms with E-state index in [1.54, 1.807) is 24.1 Å². The second-order valence-electron chi connectivity index (χ2n) is 3.86. The number of ether oxygens (including phenoxy) is 1. The Kier molecular flexibility index (Phi) is 4.08. The first kappa shape index (κ1) is 13.2. The summed E-state index contributed by atoms with van der Waals surface area (Å²) < 4.78 is 13.0. The summed E-state index contributed by atoms with van der Waals surface area (Å²) in [6.45, 7) is 2.77. The number of hydrogen-bond donors (Lipinski definition) is 1. The predicted molar refractivity (Wildman–Crippen MR) is 69.5 cm³/mol. The van der Waals surface area contributed by atoms with E-state index in [-0.39, 0.29) is 0 Å². The van der Waals surface area contributed by atoms with E-state index in [1.807, 2.05) is 6.92 Å². The van der Waals surface area contributed by atoms with E-state index in [9.17, 15) is 5.11 Å². The molecule has 0 saturated carbocycles. The van der Waals surface area contributed by atoms with Crippen LogP contribution in [-0.4, -0.2) is 22.0 Å². The van der Waals surface area contributed by atoms with Gasteiger partial charge in [-0.15, -0.1) is 0 Å². The number of aliphatic hydroxyl groups excluding tert-OH is 1. The Hall–Kier alpha value is -1.27. The molecular weight excluding hydrogens is 300 g/mol. The quantitative estimate of drug-likeness (QED) is 0.921. The van der Waals surface area contributed by atoms with Crippen LogP contribution in [0.5, 0.6) is 5.75 Å². The fourth-order valence-electron chi connectivity index (χ4n) is 1.83. The van der Waals surface area contributed by atoms with Crippen molar-refractivity contribution >= 4 is 15.9 Å². The monoisotopic (exact) mass is 314 g/mol. The molecular formula is C12H15BrN2O3. The molecule has 1 atom stereocenters. The molecule has 0 aliphatic heterocycles. The first-order valence-electron chi connectivity index (χ1n) is 5.69. The molecule has 0 aliphatic carbocycles. The maximum Gasteiger partial charge on any atom is 0.163 e. The standard InChI is InChI=1S/C12H15BrN2O3/c1-3-5-15-10(9(17-2)7-14-15)11(16)12-8(13)4-6-18-12/h4,6-7,11,16H,3,5H2,1-2H3. The van der Waals surface area contributed by atoms with Crippen LogP contribution >= 0.6 is 15.9 Å². The highest BCUT2D eigenvalue weighted by Gasteiger charge is 2.25. The van der Waals surface area contributed by atoms with Gasteiger partial charge in [-0.3, -0.25) is 4.68 Å². The number of methoxy groups -OCH3 is 1. The van der Waals surface area contributed by atoms with Crippen molar-refractivity contribution in [3.8, 4) is 5.75 Å². The molecule has 0 bridgehead atoms. The van der Waals surface area contributed by atoms with Gasteiger partial charge in [0.05, 0.1) is 24.0 Å². The minimum atomic E-state index is -0.904. The van der Waals surface area contributed by atoms with Gasteiger partial charge in [-0.25, -0.2) is 0 Å². The van der Waals surface area contributed by atoms with Crippen LogP contribution in [0, 0.1) is 0 Å². The highest BCUT2D eigenvalue weighted by Crippen LogP contribution is 2.34. The average molecular weight is 315 g/mol. The summed E-state index contributed by atoms with van der Waals surface area (Å²) in [5.74, 6) is 1.01. The summed E-state index contributed by atoms with van der Waals surface area (Å²) in [5.41, 5.74) is 0.606. The molecule has 18 heavy (non-hydrogen) atoms. The summed E-state index contributed by atoms with van der Waals surface area (Å²) in [6.07, 6.45) is 3.14. The van der Waals surface area contributed by atoms with Gasteiger partial charge >= 0.3 is 0 Å². The van der Waals surface area contributed by atoms with Crippen molar-refractivity contribution in [3.05, 3.63) is 34.5 Å². The maximum atomic E-state index is 10.4. The molecule has 1 N–H and O–H groups in total. The molecule has 2 rings (SSSR count). The Labute approximate surface area is 113 Å². The van der Waals surface area contributed by atoms with Crippen LogP contribution in [0.3, 0.4) is 0 Å². The lowest BCUT2D eigenvalue weighted by atomic mass is 10.2. The Balaban J connectivity index is 2.42. The van der Waals surface area contributed by atoms with Gasteiger partial charge in [0.1, 0.15) is 5.69 Å². The maximum absolute atomic E-state index is 10.4. The SMILES string of the molecule is CCCn1ncc(OC)c1C(O)c1occc1Br. The molecule has 6 heteroatoms. The number of rotatable bonds is 5. The van der Waals surface area contributed by atoms with Crippen LogP contribution in [0.15, 0.2) is 27.4 Å². The number of aromatic nitrogens is 2. The molecule has 0 aromatic carbocycles. The molecule has 2 aromatic heterocycles. The van der Waals surface area contributed by atoms with Gasteiger partial charge in [-0.05, 0) is 28.4 Å². The van der Waals surface area contributed by atoms with E-state index in [0.717, 1.165) is 10.9 Å². The smallest absolute Gasteiger partial charge is 0.163 e. The molecule has 98 valence electrons. The van der Waals surface area contributed by atoms with Gasteiger partial charge in [0.15, 0.2) is 17.6 Å². The van der Waals surface area contributed by atoms with E-state index < -0.39 is 6.10 Å². The molecule has 0 spiro atoms. The zero-order chi connectivity index (χ0) is 13.1. The fourth-order valence-corrected chi connectivity index (χ4v) is 2.24. The van der Waals surface area contributed by atoms with Crippen molar-refractivity contribution in [1.82, 2.24) is 9.78 Å². The normalized spacial score (nSPS) is 12.7. The van der Waals surface area contributed by atoms with Gasteiger partial charge in [0.25, 0.3) is 0 Å². The van der Waals surface area contributed by atoms with E-state index in [1.165, 1.54) is 6.26 Å². The van der Waals surface area contributed by atoms with Crippen LogP contribution in [0.25, 0.3) is 0 Å². The van der Waals surface area contributed by atoms with Gasteiger partial charge in [0, 0.05) is 6.54 Å². The highest BCUT2D eigenvalue weighted by atomic mass is 79.9. The Morgan fingerprint density at radius 3 is 2.94 bits per heavy atom. The number of hydrogen-bond acceptors (Lipinski definition) is 4. The fraction of sp³-hybridized carbons (Fsp3) is 0.417. The molecule has 0 fully saturated rings. The second kappa shape index (κ2) is 5.58. The molecule has 5 nitrogen and oxygen atoms in total. The van der Waals surface area contributed by atoms with Crippen LogP contribution in [-0.2, 0) is 6.54 Å². The minimum absolute atomic E-state index is 0.450. The van der Waals surface area contributed by atoms with Gasteiger partial charge in [0.2, 0.25) is 0 Å². The third-order valence-electron chi connectivity index (χ3n) is 2.65. The summed E-state index contributed by atoms with van der Waals surface area (Å²) in [5, 5.41) is 14.6. The second-order valence-corrected chi connectivity index (χ2v) is 4.71. The number of aryl methyl sites for hydroxylation is 1. The lowest BCUT2D eigenvalue weighted by Crippen LogP contribution is -2.11. The third-order valence-corrected chi connectivity index (χ3v) is 3.31.